The number of hydrogen-bond donors (Lipinski definition) is 1. The number of nitrogens with zero attached hydrogens (tertiary/aromatic N) is 2. The third-order valence-corrected chi connectivity index (χ3v) is 4.04. The molecule has 1 N–H and O–H groups in total. The van der Waals surface area contributed by atoms with Crippen LogP contribution in [0.2, 0.25) is 0 Å². The lowest BCUT2D eigenvalue weighted by molar-refractivity contribution is -0.137. The third-order valence-electron chi connectivity index (χ3n) is 4.04. The van der Waals surface area contributed by atoms with Gasteiger partial charge in [-0.15, -0.1) is 0 Å². The number of hydrogen-bond acceptors (Lipinski definition) is 4. The first-order valence-electron chi connectivity index (χ1n) is 8.51. The van der Waals surface area contributed by atoms with Crippen LogP contribution in [0.5, 0.6) is 0 Å². The van der Waals surface area contributed by atoms with Gasteiger partial charge < -0.3 is 19.9 Å². The second-order valence-electron chi connectivity index (χ2n) is 6.01. The predicted molar refractivity (Wildman–Crippen MR) is 92.8 cm³/mol. The van der Waals surface area contributed by atoms with Gasteiger partial charge in [-0.2, -0.15) is 0 Å². The van der Waals surface area contributed by atoms with Gasteiger partial charge in [-0.3, -0.25) is 9.59 Å². The van der Waals surface area contributed by atoms with Crippen molar-refractivity contribution in [3.63, 3.8) is 0 Å². The van der Waals surface area contributed by atoms with E-state index in [-0.39, 0.29) is 24.3 Å². The number of carbonyl (C=O) groups is 3. The average molecular weight is 347 g/mol. The van der Waals surface area contributed by atoms with Gasteiger partial charge in [-0.1, -0.05) is 29.8 Å². The Balaban J connectivity index is 1.73. The smallest absolute Gasteiger partial charge is 0.409 e. The van der Waals surface area contributed by atoms with E-state index in [2.05, 4.69) is 5.32 Å². The highest BCUT2D eigenvalue weighted by Crippen LogP contribution is 2.06. The molecular formula is C18H25N3O4. The molecule has 1 saturated heterocycles. The van der Waals surface area contributed by atoms with E-state index in [9.17, 15) is 14.4 Å². The molecule has 1 aliphatic rings. The summed E-state index contributed by atoms with van der Waals surface area (Å²) in [5.41, 5.74) is 2.13. The van der Waals surface area contributed by atoms with Crippen molar-refractivity contribution in [3.8, 4) is 0 Å². The van der Waals surface area contributed by atoms with Crippen molar-refractivity contribution in [2.45, 2.75) is 26.8 Å². The zero-order valence-electron chi connectivity index (χ0n) is 14.8. The summed E-state index contributed by atoms with van der Waals surface area (Å²) in [5.74, 6) is -0.510. The van der Waals surface area contributed by atoms with Crippen molar-refractivity contribution < 1.29 is 19.1 Å². The zero-order chi connectivity index (χ0) is 18.2. The third kappa shape index (κ3) is 5.77. The Bertz CT molecular complexity index is 625. The monoisotopic (exact) mass is 347 g/mol. The van der Waals surface area contributed by atoms with E-state index in [4.69, 9.17) is 4.74 Å². The van der Waals surface area contributed by atoms with Crippen molar-refractivity contribution in [2.75, 3.05) is 32.8 Å². The van der Waals surface area contributed by atoms with Crippen LogP contribution in [0.1, 0.15) is 24.5 Å². The molecule has 0 radical (unpaired) electrons. The van der Waals surface area contributed by atoms with Crippen LogP contribution in [0.3, 0.4) is 0 Å². The number of amides is 3. The molecule has 0 spiro atoms. The van der Waals surface area contributed by atoms with Crippen molar-refractivity contribution in [1.82, 2.24) is 15.1 Å². The van der Waals surface area contributed by atoms with E-state index in [1.54, 1.807) is 16.7 Å². The number of carbonyl (C=O) groups excluding carboxylic acids is 3. The van der Waals surface area contributed by atoms with Crippen LogP contribution in [0.15, 0.2) is 24.3 Å². The Labute approximate surface area is 147 Å². The number of rotatable bonds is 5. The molecule has 3 amide bonds. The second kappa shape index (κ2) is 9.05. The molecule has 0 aromatic heterocycles. The fourth-order valence-electron chi connectivity index (χ4n) is 2.69. The van der Waals surface area contributed by atoms with Crippen LogP contribution in [0.4, 0.5) is 4.79 Å². The Kier molecular flexibility index (Phi) is 6.80. The molecule has 7 nitrogen and oxygen atoms in total. The van der Waals surface area contributed by atoms with E-state index in [1.165, 1.54) is 0 Å². The number of piperazine rings is 1. The van der Waals surface area contributed by atoms with Crippen LogP contribution < -0.4 is 5.32 Å². The summed E-state index contributed by atoms with van der Waals surface area (Å²) in [6.45, 7) is 6.18. The first-order valence-corrected chi connectivity index (χ1v) is 8.51. The van der Waals surface area contributed by atoms with Gasteiger partial charge in [0.1, 0.15) is 6.42 Å². The quantitative estimate of drug-likeness (QED) is 0.815. The maximum absolute atomic E-state index is 12.2. The highest BCUT2D eigenvalue weighted by Gasteiger charge is 2.25. The SMILES string of the molecule is CCOC(=O)N1CCN(C(=O)CC(=O)NCc2cccc(C)c2)CC1. The summed E-state index contributed by atoms with van der Waals surface area (Å²) in [5, 5.41) is 2.77. The maximum Gasteiger partial charge on any atom is 0.409 e. The van der Waals surface area contributed by atoms with Crippen molar-refractivity contribution in [3.05, 3.63) is 35.4 Å². The number of benzene rings is 1. The molecule has 0 unspecified atom stereocenters. The minimum Gasteiger partial charge on any atom is -0.450 e. The molecule has 0 bridgehead atoms. The fourth-order valence-corrected chi connectivity index (χ4v) is 2.69. The van der Waals surface area contributed by atoms with Gasteiger partial charge in [0.2, 0.25) is 11.8 Å². The summed E-state index contributed by atoms with van der Waals surface area (Å²) < 4.78 is 4.94. The molecule has 1 heterocycles. The molecular weight excluding hydrogens is 322 g/mol. The first-order chi connectivity index (χ1) is 12.0. The van der Waals surface area contributed by atoms with Crippen LogP contribution >= 0.6 is 0 Å². The lowest BCUT2D eigenvalue weighted by Gasteiger charge is -2.34. The van der Waals surface area contributed by atoms with Crippen LogP contribution in [-0.2, 0) is 20.9 Å². The lowest BCUT2D eigenvalue weighted by atomic mass is 10.1. The van der Waals surface area contributed by atoms with Gasteiger partial charge in [0.25, 0.3) is 0 Å². The highest BCUT2D eigenvalue weighted by molar-refractivity contribution is 5.96. The van der Waals surface area contributed by atoms with Gasteiger partial charge in [0.15, 0.2) is 0 Å². The topological polar surface area (TPSA) is 79.0 Å². The molecule has 1 aromatic rings. The molecule has 136 valence electrons. The molecule has 0 aliphatic carbocycles. The maximum atomic E-state index is 12.2. The molecule has 0 atom stereocenters. The fraction of sp³-hybridized carbons (Fsp3) is 0.500. The molecule has 7 heteroatoms. The Morgan fingerprint density at radius 1 is 1.12 bits per heavy atom. The van der Waals surface area contributed by atoms with Gasteiger partial charge in [0.05, 0.1) is 6.61 Å². The van der Waals surface area contributed by atoms with E-state index >= 15 is 0 Å². The Hall–Kier alpha value is -2.57. The van der Waals surface area contributed by atoms with Crippen molar-refractivity contribution in [1.29, 1.82) is 0 Å². The van der Waals surface area contributed by atoms with Gasteiger partial charge in [-0.05, 0) is 19.4 Å². The Morgan fingerprint density at radius 3 is 2.44 bits per heavy atom. The van der Waals surface area contributed by atoms with Crippen molar-refractivity contribution >= 4 is 17.9 Å². The van der Waals surface area contributed by atoms with E-state index in [1.807, 2.05) is 31.2 Å². The van der Waals surface area contributed by atoms with Crippen LogP contribution in [0, 0.1) is 6.92 Å². The minimum atomic E-state index is -0.356. The average Bonchev–Trinajstić information content (AvgIpc) is 2.60. The summed E-state index contributed by atoms with van der Waals surface area (Å²) in [4.78, 5) is 39.0. The van der Waals surface area contributed by atoms with Crippen molar-refractivity contribution in [2.24, 2.45) is 0 Å². The second-order valence-corrected chi connectivity index (χ2v) is 6.01. The molecule has 1 fully saturated rings. The predicted octanol–water partition coefficient (Wildman–Crippen LogP) is 1.30. The molecule has 1 aliphatic heterocycles. The first kappa shape index (κ1) is 18.8. The highest BCUT2D eigenvalue weighted by atomic mass is 16.6. The van der Waals surface area contributed by atoms with Crippen LogP contribution in [0.25, 0.3) is 0 Å². The minimum absolute atomic E-state index is 0.175. The van der Waals surface area contributed by atoms with Gasteiger partial charge in [0, 0.05) is 32.7 Å². The van der Waals surface area contributed by atoms with E-state index in [0.29, 0.717) is 39.3 Å². The van der Waals surface area contributed by atoms with Crippen LogP contribution in [-0.4, -0.2) is 60.5 Å². The summed E-state index contributed by atoms with van der Waals surface area (Å²) in [7, 11) is 0. The largest absolute Gasteiger partial charge is 0.450 e. The number of aryl methyl sites for hydroxylation is 1. The van der Waals surface area contributed by atoms with E-state index < -0.39 is 0 Å². The standard InChI is InChI=1S/C18H25N3O4/c1-3-25-18(24)21-9-7-20(8-10-21)17(23)12-16(22)19-13-15-6-4-5-14(2)11-15/h4-6,11H,3,7-10,12-13H2,1-2H3,(H,19,22). The zero-order valence-corrected chi connectivity index (χ0v) is 14.8. The Morgan fingerprint density at radius 2 is 1.80 bits per heavy atom. The molecule has 1 aromatic carbocycles. The lowest BCUT2D eigenvalue weighted by Crippen LogP contribution is -2.51. The molecule has 2 rings (SSSR count). The molecule has 0 saturated carbocycles. The summed E-state index contributed by atoms with van der Waals surface area (Å²) >= 11 is 0. The van der Waals surface area contributed by atoms with Gasteiger partial charge in [-0.25, -0.2) is 4.79 Å². The van der Waals surface area contributed by atoms with Gasteiger partial charge >= 0.3 is 6.09 Å². The summed E-state index contributed by atoms with van der Waals surface area (Å²) in [6.07, 6.45) is -0.531. The normalized spacial score (nSPS) is 14.2. The van der Waals surface area contributed by atoms with E-state index in [0.717, 1.165) is 11.1 Å². The number of nitrogens with one attached hydrogen (secondary N) is 1. The number of ether oxygens (including phenoxy) is 1. The molecule has 25 heavy (non-hydrogen) atoms. The summed E-state index contributed by atoms with van der Waals surface area (Å²) in [6, 6.07) is 7.86.